The Morgan fingerprint density at radius 1 is 1.47 bits per heavy atom. The fourth-order valence-electron chi connectivity index (χ4n) is 1.64. The first-order valence-corrected chi connectivity index (χ1v) is 7.33. The predicted molar refractivity (Wildman–Crippen MR) is 83.4 cm³/mol. The van der Waals surface area contributed by atoms with Gasteiger partial charge in [-0.2, -0.15) is 0 Å². The molecule has 2 aromatic rings. The van der Waals surface area contributed by atoms with Crippen LogP contribution in [0.2, 0.25) is 0 Å². The Morgan fingerprint density at radius 3 is 3.00 bits per heavy atom. The number of hydrogen-bond acceptors (Lipinski definition) is 5. The third-order valence-electron chi connectivity index (χ3n) is 2.44. The first-order valence-electron chi connectivity index (χ1n) is 5.63. The predicted octanol–water partition coefficient (Wildman–Crippen LogP) is 2.67. The van der Waals surface area contributed by atoms with E-state index in [0.717, 1.165) is 27.6 Å². The molecule has 0 aliphatic rings. The molecule has 0 aliphatic carbocycles. The molecule has 1 aromatic carbocycles. The minimum absolute atomic E-state index is 0.0279. The first-order chi connectivity index (χ1) is 9.19. The van der Waals surface area contributed by atoms with E-state index < -0.39 is 0 Å². The molecule has 0 saturated carbocycles. The van der Waals surface area contributed by atoms with Crippen LogP contribution in [0.4, 0.5) is 0 Å². The van der Waals surface area contributed by atoms with E-state index in [4.69, 9.17) is 11.1 Å². The second kappa shape index (κ2) is 6.49. The minimum atomic E-state index is 0.0279. The average molecular weight is 291 g/mol. The van der Waals surface area contributed by atoms with E-state index in [2.05, 4.69) is 4.99 Å². The van der Waals surface area contributed by atoms with Crippen LogP contribution in [0.15, 0.2) is 35.3 Å². The lowest BCUT2D eigenvalue weighted by atomic mass is 10.2. The number of carbonyl (C=O) groups is 1. The zero-order chi connectivity index (χ0) is 13.7. The van der Waals surface area contributed by atoms with Crippen LogP contribution in [-0.4, -0.2) is 23.0 Å². The summed E-state index contributed by atoms with van der Waals surface area (Å²) in [6.07, 6.45) is 0.380. The summed E-state index contributed by atoms with van der Waals surface area (Å²) in [7, 11) is 0. The molecule has 2 rings (SSSR count). The molecule has 98 valence electrons. The highest BCUT2D eigenvalue weighted by Crippen LogP contribution is 2.25. The maximum absolute atomic E-state index is 11.8. The molecule has 0 aliphatic heterocycles. The number of benzene rings is 1. The van der Waals surface area contributed by atoms with Gasteiger partial charge in [0.2, 0.25) is 0 Å². The van der Waals surface area contributed by atoms with Crippen molar-refractivity contribution in [3.8, 4) is 0 Å². The third-order valence-corrected chi connectivity index (χ3v) is 4.04. The molecule has 19 heavy (non-hydrogen) atoms. The molecular formula is C13H13N3OS2. The van der Waals surface area contributed by atoms with Gasteiger partial charge in [0, 0.05) is 16.0 Å². The normalized spacial score (nSPS) is 11.7. The summed E-state index contributed by atoms with van der Waals surface area (Å²) < 4.78 is 1.19. The summed E-state index contributed by atoms with van der Waals surface area (Å²) in [6, 6.07) is 10.1. The van der Waals surface area contributed by atoms with Gasteiger partial charge < -0.3 is 11.1 Å². The van der Waals surface area contributed by atoms with Gasteiger partial charge >= 0.3 is 0 Å². The van der Waals surface area contributed by atoms with Gasteiger partial charge in [0.25, 0.3) is 0 Å². The number of aliphatic imine (C=N–C) groups is 1. The third kappa shape index (κ3) is 3.90. The van der Waals surface area contributed by atoms with Crippen molar-refractivity contribution in [2.75, 3.05) is 6.54 Å². The molecule has 0 radical (unpaired) electrons. The van der Waals surface area contributed by atoms with Crippen molar-refractivity contribution in [3.05, 3.63) is 35.2 Å². The zero-order valence-electron chi connectivity index (χ0n) is 10.1. The Labute approximate surface area is 119 Å². The van der Waals surface area contributed by atoms with Gasteiger partial charge in [-0.05, 0) is 29.3 Å². The number of Topliss-reactive ketones (excluding diaryl/α,β-unsaturated/α-hetero) is 1. The highest BCUT2D eigenvalue weighted by atomic mass is 32.2. The number of nitrogens with two attached hydrogens (primary N) is 1. The van der Waals surface area contributed by atoms with Crippen molar-refractivity contribution in [3.63, 3.8) is 0 Å². The quantitative estimate of drug-likeness (QED) is 0.656. The number of hydrogen-bond donors (Lipinski definition) is 2. The van der Waals surface area contributed by atoms with E-state index >= 15 is 0 Å². The second-order valence-electron chi connectivity index (χ2n) is 3.86. The standard InChI is InChI=1S/C13H13N3OS2/c14-8-18-13(15)16-7-10(17)6-11-5-9-3-1-2-4-12(9)19-11/h1-5,8,14H,6-7H2,(H2,15,16). The van der Waals surface area contributed by atoms with Crippen molar-refractivity contribution in [2.24, 2.45) is 10.7 Å². The number of nitrogens with zero attached hydrogens (tertiary/aromatic N) is 1. The van der Waals surface area contributed by atoms with Crippen LogP contribution in [0, 0.1) is 5.41 Å². The number of amidine groups is 1. The van der Waals surface area contributed by atoms with Crippen LogP contribution in [0.5, 0.6) is 0 Å². The molecule has 0 saturated heterocycles. The smallest absolute Gasteiger partial charge is 0.160 e. The number of fused-ring (bicyclic) bond motifs is 1. The fourth-order valence-corrected chi connectivity index (χ4v) is 2.99. The van der Waals surface area contributed by atoms with E-state index in [1.807, 2.05) is 30.3 Å². The highest BCUT2D eigenvalue weighted by Gasteiger charge is 2.07. The lowest BCUT2D eigenvalue weighted by molar-refractivity contribution is -0.117. The molecule has 6 heteroatoms. The van der Waals surface area contributed by atoms with E-state index in [1.54, 1.807) is 11.3 Å². The lowest BCUT2D eigenvalue weighted by Crippen LogP contribution is -2.12. The van der Waals surface area contributed by atoms with Gasteiger partial charge in [-0.25, -0.2) is 0 Å². The maximum atomic E-state index is 11.8. The highest BCUT2D eigenvalue weighted by molar-refractivity contribution is 8.24. The molecule has 4 nitrogen and oxygen atoms in total. The topological polar surface area (TPSA) is 79.3 Å². The average Bonchev–Trinajstić information content (AvgIpc) is 2.78. The van der Waals surface area contributed by atoms with Crippen LogP contribution in [-0.2, 0) is 11.2 Å². The molecule has 0 unspecified atom stereocenters. The molecule has 1 heterocycles. The molecular weight excluding hydrogens is 278 g/mol. The summed E-state index contributed by atoms with van der Waals surface area (Å²) in [5.74, 6) is 0.0279. The van der Waals surface area contributed by atoms with Gasteiger partial charge in [-0.15, -0.1) is 11.3 Å². The maximum Gasteiger partial charge on any atom is 0.160 e. The summed E-state index contributed by atoms with van der Waals surface area (Å²) >= 11 is 2.63. The van der Waals surface area contributed by atoms with E-state index in [1.165, 1.54) is 4.70 Å². The van der Waals surface area contributed by atoms with Gasteiger partial charge in [0.1, 0.15) is 6.54 Å². The molecule has 0 amide bonds. The molecule has 0 atom stereocenters. The fraction of sp³-hybridized carbons (Fsp3) is 0.154. The number of carbonyl (C=O) groups excluding carboxylic acids is 1. The Kier molecular flexibility index (Phi) is 4.70. The largest absolute Gasteiger partial charge is 0.378 e. The summed E-state index contributed by atoms with van der Waals surface area (Å²) in [6.45, 7) is 0.0704. The van der Waals surface area contributed by atoms with E-state index in [0.29, 0.717) is 6.42 Å². The summed E-state index contributed by atoms with van der Waals surface area (Å²) in [5, 5.41) is 8.27. The molecule has 3 N–H and O–H groups in total. The van der Waals surface area contributed by atoms with E-state index in [-0.39, 0.29) is 17.5 Å². The van der Waals surface area contributed by atoms with Gasteiger partial charge in [-0.1, -0.05) is 18.2 Å². The molecule has 0 spiro atoms. The van der Waals surface area contributed by atoms with Gasteiger partial charge in [0.05, 0.1) is 5.55 Å². The molecule has 0 bridgehead atoms. The lowest BCUT2D eigenvalue weighted by Gasteiger charge is -1.96. The van der Waals surface area contributed by atoms with Gasteiger partial charge in [0.15, 0.2) is 11.0 Å². The monoisotopic (exact) mass is 291 g/mol. The van der Waals surface area contributed by atoms with Gasteiger partial charge in [-0.3, -0.25) is 9.79 Å². The number of nitrogens with one attached hydrogen (secondary N) is 1. The number of rotatable bonds is 5. The minimum Gasteiger partial charge on any atom is -0.378 e. The van der Waals surface area contributed by atoms with Crippen LogP contribution >= 0.6 is 23.1 Å². The van der Waals surface area contributed by atoms with Crippen LogP contribution in [0.25, 0.3) is 10.1 Å². The van der Waals surface area contributed by atoms with Crippen molar-refractivity contribution >= 4 is 49.7 Å². The van der Waals surface area contributed by atoms with Crippen molar-refractivity contribution in [1.29, 1.82) is 5.41 Å². The summed E-state index contributed by atoms with van der Waals surface area (Å²) in [5.41, 5.74) is 6.59. The summed E-state index contributed by atoms with van der Waals surface area (Å²) in [4.78, 5) is 16.7. The number of thioether (sulfide) groups is 1. The van der Waals surface area contributed by atoms with Crippen LogP contribution in [0.1, 0.15) is 4.88 Å². The Morgan fingerprint density at radius 2 is 2.26 bits per heavy atom. The second-order valence-corrected chi connectivity index (χ2v) is 5.91. The molecule has 0 fully saturated rings. The Balaban J connectivity index is 1.98. The van der Waals surface area contributed by atoms with Crippen LogP contribution in [0.3, 0.4) is 0 Å². The Bertz CT molecular complexity index is 601. The van der Waals surface area contributed by atoms with Crippen molar-refractivity contribution < 1.29 is 4.79 Å². The van der Waals surface area contributed by atoms with Crippen molar-refractivity contribution in [1.82, 2.24) is 0 Å². The van der Waals surface area contributed by atoms with Crippen LogP contribution < -0.4 is 5.73 Å². The zero-order valence-corrected chi connectivity index (χ0v) is 11.8. The number of thiophene rings is 1. The van der Waals surface area contributed by atoms with E-state index in [9.17, 15) is 4.79 Å². The Hall–Kier alpha value is -1.66. The van der Waals surface area contributed by atoms with Crippen molar-refractivity contribution in [2.45, 2.75) is 6.42 Å². The molecule has 1 aromatic heterocycles. The number of ketones is 1. The SMILES string of the molecule is N=CSC(N)=NCC(=O)Cc1cc2ccccc2s1. The first kappa shape index (κ1) is 13.8.